The van der Waals surface area contributed by atoms with Gasteiger partial charge in [0.25, 0.3) is 0 Å². The number of esters is 1. The van der Waals surface area contributed by atoms with Gasteiger partial charge in [0.1, 0.15) is 0 Å². The number of methoxy groups -OCH3 is 1. The van der Waals surface area contributed by atoms with E-state index < -0.39 is 12.0 Å². The van der Waals surface area contributed by atoms with Crippen LogP contribution >= 0.6 is 0 Å². The van der Waals surface area contributed by atoms with Gasteiger partial charge in [0.2, 0.25) is 0 Å². The van der Waals surface area contributed by atoms with Crippen molar-refractivity contribution >= 4 is 12.0 Å². The topological polar surface area (TPSA) is 67.4 Å². The molecule has 1 unspecified atom stereocenters. The summed E-state index contributed by atoms with van der Waals surface area (Å²) in [5, 5.41) is 5.35. The molecule has 1 atom stereocenters. The molecule has 2 rings (SSSR count). The van der Waals surface area contributed by atoms with E-state index in [2.05, 4.69) is 10.6 Å². The summed E-state index contributed by atoms with van der Waals surface area (Å²) in [6.45, 7) is 3.63. The van der Waals surface area contributed by atoms with Crippen LogP contribution in [0.15, 0.2) is 35.5 Å². The maximum Gasteiger partial charge on any atom is 0.337 e. The Bertz CT molecular complexity index is 564. The van der Waals surface area contributed by atoms with Crippen molar-refractivity contribution in [1.29, 1.82) is 0 Å². The smallest absolute Gasteiger partial charge is 0.337 e. The lowest BCUT2D eigenvalue weighted by Crippen LogP contribution is -2.45. The number of aryl methyl sites for hydroxylation is 1. The molecule has 0 aliphatic carbocycles. The van der Waals surface area contributed by atoms with Crippen LogP contribution in [0, 0.1) is 6.92 Å². The summed E-state index contributed by atoms with van der Waals surface area (Å²) in [6, 6.07) is 6.81. The van der Waals surface area contributed by atoms with E-state index in [0.29, 0.717) is 11.3 Å². The molecule has 0 spiro atoms. The first-order valence-corrected chi connectivity index (χ1v) is 5.96. The van der Waals surface area contributed by atoms with E-state index in [0.717, 1.165) is 11.1 Å². The molecular formula is C14H16N2O3. The maximum atomic E-state index is 11.9. The second kappa shape index (κ2) is 5.14. The number of ether oxygens (including phenoxy) is 1. The van der Waals surface area contributed by atoms with Gasteiger partial charge in [-0.25, -0.2) is 9.59 Å². The minimum absolute atomic E-state index is 0.321. The van der Waals surface area contributed by atoms with Crippen molar-refractivity contribution in [2.24, 2.45) is 0 Å². The van der Waals surface area contributed by atoms with Crippen LogP contribution < -0.4 is 10.6 Å². The fourth-order valence-corrected chi connectivity index (χ4v) is 2.22. The molecule has 0 saturated heterocycles. The van der Waals surface area contributed by atoms with Crippen LogP contribution in [0.3, 0.4) is 0 Å². The first kappa shape index (κ1) is 13.1. The van der Waals surface area contributed by atoms with Crippen LogP contribution in [0.1, 0.15) is 24.1 Å². The van der Waals surface area contributed by atoms with Gasteiger partial charge in [-0.15, -0.1) is 0 Å². The Kier molecular flexibility index (Phi) is 3.55. The van der Waals surface area contributed by atoms with Crippen molar-refractivity contribution in [1.82, 2.24) is 10.6 Å². The molecule has 1 aliphatic heterocycles. The van der Waals surface area contributed by atoms with Gasteiger partial charge in [0, 0.05) is 5.70 Å². The average molecular weight is 260 g/mol. The molecule has 0 saturated carbocycles. The fourth-order valence-electron chi connectivity index (χ4n) is 2.22. The number of urea groups is 1. The zero-order chi connectivity index (χ0) is 14.0. The Labute approximate surface area is 111 Å². The summed E-state index contributed by atoms with van der Waals surface area (Å²) in [4.78, 5) is 23.5. The van der Waals surface area contributed by atoms with Gasteiger partial charge in [-0.1, -0.05) is 24.3 Å². The van der Waals surface area contributed by atoms with Gasteiger partial charge in [0.05, 0.1) is 18.7 Å². The van der Waals surface area contributed by atoms with Crippen LogP contribution in [-0.4, -0.2) is 19.1 Å². The largest absolute Gasteiger partial charge is 0.466 e. The lowest BCUT2D eigenvalue weighted by molar-refractivity contribution is -0.136. The molecule has 1 aromatic rings. The van der Waals surface area contributed by atoms with Gasteiger partial charge in [0.15, 0.2) is 0 Å². The van der Waals surface area contributed by atoms with E-state index in [9.17, 15) is 9.59 Å². The number of carbonyl (C=O) groups excluding carboxylic acids is 2. The van der Waals surface area contributed by atoms with Crippen LogP contribution in [0.25, 0.3) is 0 Å². The number of hydrogen-bond acceptors (Lipinski definition) is 3. The summed E-state index contributed by atoms with van der Waals surface area (Å²) in [7, 11) is 1.33. The van der Waals surface area contributed by atoms with E-state index in [4.69, 9.17) is 4.74 Å². The second-order valence-electron chi connectivity index (χ2n) is 4.42. The standard InChI is InChI=1S/C14H16N2O3/c1-8-6-4-5-7-10(8)12-11(13(17)19-3)9(2)15-14(18)16-12/h4-7,12H,1-3H3,(H2,15,16,18). The predicted molar refractivity (Wildman–Crippen MR) is 70.3 cm³/mol. The zero-order valence-electron chi connectivity index (χ0n) is 11.1. The number of nitrogens with one attached hydrogen (secondary N) is 2. The van der Waals surface area contributed by atoms with Gasteiger partial charge in [-0.2, -0.15) is 0 Å². The molecule has 0 bridgehead atoms. The van der Waals surface area contributed by atoms with Crippen molar-refractivity contribution in [3.63, 3.8) is 0 Å². The normalized spacial score (nSPS) is 18.7. The molecule has 2 N–H and O–H groups in total. The van der Waals surface area contributed by atoms with Crippen LogP contribution in [0.2, 0.25) is 0 Å². The van der Waals surface area contributed by atoms with E-state index >= 15 is 0 Å². The Balaban J connectivity index is 2.53. The summed E-state index contributed by atoms with van der Waals surface area (Å²) in [5.74, 6) is -0.446. The molecule has 0 fully saturated rings. The van der Waals surface area contributed by atoms with Crippen molar-refractivity contribution in [2.75, 3.05) is 7.11 Å². The minimum atomic E-state index is -0.484. The van der Waals surface area contributed by atoms with Crippen molar-refractivity contribution in [3.05, 3.63) is 46.7 Å². The lowest BCUT2D eigenvalue weighted by atomic mass is 9.92. The second-order valence-corrected chi connectivity index (χ2v) is 4.42. The highest BCUT2D eigenvalue weighted by atomic mass is 16.5. The van der Waals surface area contributed by atoms with Crippen molar-refractivity contribution < 1.29 is 14.3 Å². The van der Waals surface area contributed by atoms with Crippen molar-refractivity contribution in [3.8, 4) is 0 Å². The van der Waals surface area contributed by atoms with Gasteiger partial charge in [-0.05, 0) is 25.0 Å². The first-order valence-electron chi connectivity index (χ1n) is 5.96. The Morgan fingerprint density at radius 3 is 2.58 bits per heavy atom. The van der Waals surface area contributed by atoms with Crippen LogP contribution in [-0.2, 0) is 9.53 Å². The van der Waals surface area contributed by atoms with E-state index in [1.807, 2.05) is 31.2 Å². The zero-order valence-corrected chi connectivity index (χ0v) is 11.1. The summed E-state index contributed by atoms with van der Waals surface area (Å²) in [6.07, 6.45) is 0. The molecule has 1 aliphatic rings. The molecule has 0 aromatic heterocycles. The molecule has 2 amide bonds. The molecule has 1 aromatic carbocycles. The highest BCUT2D eigenvalue weighted by Gasteiger charge is 2.32. The maximum absolute atomic E-state index is 11.9. The third-order valence-corrected chi connectivity index (χ3v) is 3.17. The molecule has 5 nitrogen and oxygen atoms in total. The Hall–Kier alpha value is -2.30. The van der Waals surface area contributed by atoms with E-state index in [-0.39, 0.29) is 6.03 Å². The summed E-state index contributed by atoms with van der Waals surface area (Å²) < 4.78 is 4.80. The average Bonchev–Trinajstić information content (AvgIpc) is 2.37. The monoisotopic (exact) mass is 260 g/mol. The third kappa shape index (κ3) is 2.45. The van der Waals surface area contributed by atoms with Gasteiger partial charge in [-0.3, -0.25) is 0 Å². The van der Waals surface area contributed by atoms with Crippen LogP contribution in [0.4, 0.5) is 4.79 Å². The Morgan fingerprint density at radius 2 is 1.95 bits per heavy atom. The predicted octanol–water partition coefficient (Wildman–Crippen LogP) is 1.80. The quantitative estimate of drug-likeness (QED) is 0.797. The van der Waals surface area contributed by atoms with Crippen molar-refractivity contribution in [2.45, 2.75) is 19.9 Å². The molecule has 1 heterocycles. The minimum Gasteiger partial charge on any atom is -0.466 e. The van der Waals surface area contributed by atoms with Gasteiger partial charge < -0.3 is 15.4 Å². The SMILES string of the molecule is COC(=O)C1=C(C)NC(=O)NC1c1ccccc1C. The molecule has 100 valence electrons. The molecular weight excluding hydrogens is 244 g/mol. The third-order valence-electron chi connectivity index (χ3n) is 3.17. The summed E-state index contributed by atoms with van der Waals surface area (Å²) >= 11 is 0. The fraction of sp³-hybridized carbons (Fsp3) is 0.286. The molecule has 19 heavy (non-hydrogen) atoms. The highest BCUT2D eigenvalue weighted by Crippen LogP contribution is 2.29. The highest BCUT2D eigenvalue weighted by molar-refractivity contribution is 5.95. The number of amides is 2. The number of hydrogen-bond donors (Lipinski definition) is 2. The van der Waals surface area contributed by atoms with E-state index in [1.165, 1.54) is 7.11 Å². The number of benzene rings is 1. The van der Waals surface area contributed by atoms with Gasteiger partial charge >= 0.3 is 12.0 Å². The van der Waals surface area contributed by atoms with E-state index in [1.54, 1.807) is 6.92 Å². The molecule has 5 heteroatoms. The number of allylic oxidation sites excluding steroid dienone is 1. The first-order chi connectivity index (χ1) is 9.04. The van der Waals surface area contributed by atoms with Crippen LogP contribution in [0.5, 0.6) is 0 Å². The summed E-state index contributed by atoms with van der Waals surface area (Å²) in [5.41, 5.74) is 2.83. The Morgan fingerprint density at radius 1 is 1.26 bits per heavy atom. The molecule has 0 radical (unpaired) electrons. The number of carbonyl (C=O) groups is 2. The number of rotatable bonds is 2. The lowest BCUT2D eigenvalue weighted by Gasteiger charge is -2.28.